The van der Waals surface area contributed by atoms with Gasteiger partial charge in [-0.15, -0.1) is 0 Å². The number of ether oxygens (including phenoxy) is 2. The topological polar surface area (TPSA) is 119 Å². The van der Waals surface area contributed by atoms with Crippen molar-refractivity contribution in [3.05, 3.63) is 12.2 Å². The Hall–Kier alpha value is -1.21. The molecule has 0 spiro atoms. The molecule has 9 heteroatoms. The molecular formula is C40H77O8P. The first-order valence-corrected chi connectivity index (χ1v) is 22.0. The maximum atomic E-state index is 12.4. The number of hydrogen-bond donors (Lipinski definition) is 2. The molecule has 49 heavy (non-hydrogen) atoms. The van der Waals surface area contributed by atoms with Gasteiger partial charge in [-0.2, -0.15) is 0 Å². The number of phosphoric ester groups is 1. The number of allylic oxidation sites excluding steroid dienone is 2. The number of carbonyl (C=O) groups is 2. The van der Waals surface area contributed by atoms with E-state index >= 15 is 0 Å². The SMILES string of the molecule is CCCCCC/C=C/CCCCCCCCCCCC(=O)O[C@H](COC(=O)CCCCCCCCCCCCCCCC)COP(=O)(O)O. The van der Waals surface area contributed by atoms with Crippen molar-refractivity contribution in [2.24, 2.45) is 0 Å². The summed E-state index contributed by atoms with van der Waals surface area (Å²) in [7, 11) is -4.75. The standard InChI is InChI=1S/C40H77O8P/c1-3-5-7-9-11-13-15-17-19-20-21-23-25-27-29-31-33-35-40(42)48-38(37-47-49(43,44)45)36-46-39(41)34-32-30-28-26-24-22-18-16-14-12-10-8-6-4-2/h13,15,38H,3-12,14,16-37H2,1-2H3,(H2,43,44,45)/b15-13+/t38-/m1/s1. The lowest BCUT2D eigenvalue weighted by Gasteiger charge is -2.18. The zero-order chi connectivity index (χ0) is 36.1. The molecule has 0 aliphatic rings. The molecule has 0 aromatic carbocycles. The van der Waals surface area contributed by atoms with Gasteiger partial charge >= 0.3 is 19.8 Å². The summed E-state index contributed by atoms with van der Waals surface area (Å²) in [5, 5.41) is 0. The van der Waals surface area contributed by atoms with Gasteiger partial charge in [0.25, 0.3) is 0 Å². The van der Waals surface area contributed by atoms with Crippen LogP contribution in [0.25, 0.3) is 0 Å². The van der Waals surface area contributed by atoms with Crippen LogP contribution < -0.4 is 0 Å². The molecule has 0 radical (unpaired) electrons. The highest BCUT2D eigenvalue weighted by Crippen LogP contribution is 2.36. The van der Waals surface area contributed by atoms with Gasteiger partial charge in [0.1, 0.15) is 6.61 Å². The highest BCUT2D eigenvalue weighted by atomic mass is 31.2. The molecule has 8 nitrogen and oxygen atoms in total. The molecule has 0 saturated heterocycles. The van der Waals surface area contributed by atoms with Crippen molar-refractivity contribution in [1.29, 1.82) is 0 Å². The van der Waals surface area contributed by atoms with Gasteiger partial charge in [0.15, 0.2) is 6.10 Å². The van der Waals surface area contributed by atoms with Gasteiger partial charge in [-0.05, 0) is 38.5 Å². The Morgan fingerprint density at radius 1 is 0.510 bits per heavy atom. The van der Waals surface area contributed by atoms with E-state index < -0.39 is 32.5 Å². The van der Waals surface area contributed by atoms with Gasteiger partial charge < -0.3 is 19.3 Å². The second-order valence-electron chi connectivity index (χ2n) is 14.0. The monoisotopic (exact) mass is 717 g/mol. The molecule has 0 fully saturated rings. The summed E-state index contributed by atoms with van der Waals surface area (Å²) in [6.45, 7) is 3.69. The van der Waals surface area contributed by atoms with Crippen molar-refractivity contribution in [2.45, 2.75) is 219 Å². The van der Waals surface area contributed by atoms with E-state index in [1.807, 2.05) is 0 Å². The zero-order valence-electron chi connectivity index (χ0n) is 31.9. The Morgan fingerprint density at radius 3 is 1.27 bits per heavy atom. The smallest absolute Gasteiger partial charge is 0.462 e. The summed E-state index contributed by atoms with van der Waals surface area (Å²) in [5.74, 6) is -0.876. The second kappa shape index (κ2) is 36.6. The van der Waals surface area contributed by atoms with E-state index in [1.54, 1.807) is 0 Å². The third-order valence-corrected chi connectivity index (χ3v) is 9.52. The minimum atomic E-state index is -4.75. The fourth-order valence-electron chi connectivity index (χ4n) is 5.96. The van der Waals surface area contributed by atoms with Crippen LogP contribution in [0, 0.1) is 0 Å². The third-order valence-electron chi connectivity index (χ3n) is 9.03. The van der Waals surface area contributed by atoms with Crippen LogP contribution >= 0.6 is 7.82 Å². The Labute approximate surface area is 301 Å². The van der Waals surface area contributed by atoms with E-state index in [9.17, 15) is 14.2 Å². The number of carbonyl (C=O) groups excluding carboxylic acids is 2. The van der Waals surface area contributed by atoms with E-state index in [4.69, 9.17) is 19.3 Å². The van der Waals surface area contributed by atoms with Gasteiger partial charge in [-0.25, -0.2) is 4.57 Å². The molecule has 0 aliphatic carbocycles. The Bertz CT molecular complexity index is 812. The van der Waals surface area contributed by atoms with E-state index in [-0.39, 0.29) is 19.4 Å². The highest BCUT2D eigenvalue weighted by Gasteiger charge is 2.22. The van der Waals surface area contributed by atoms with Gasteiger partial charge in [0.05, 0.1) is 6.61 Å². The molecule has 0 aliphatic heterocycles. The van der Waals surface area contributed by atoms with Crippen molar-refractivity contribution in [3.8, 4) is 0 Å². The van der Waals surface area contributed by atoms with Gasteiger partial charge in [0, 0.05) is 12.8 Å². The molecule has 0 aromatic rings. The molecule has 1 atom stereocenters. The van der Waals surface area contributed by atoms with Crippen LogP contribution in [-0.4, -0.2) is 41.0 Å². The lowest BCUT2D eigenvalue weighted by molar-refractivity contribution is -0.161. The molecule has 0 saturated carbocycles. The first kappa shape index (κ1) is 47.8. The lowest BCUT2D eigenvalue weighted by Crippen LogP contribution is -2.29. The molecule has 0 bridgehead atoms. The quantitative estimate of drug-likeness (QED) is 0.0280. The predicted molar refractivity (Wildman–Crippen MR) is 202 cm³/mol. The van der Waals surface area contributed by atoms with Crippen LogP contribution in [0.4, 0.5) is 0 Å². The van der Waals surface area contributed by atoms with Gasteiger partial charge in [0.2, 0.25) is 0 Å². The van der Waals surface area contributed by atoms with Crippen molar-refractivity contribution >= 4 is 19.8 Å². The van der Waals surface area contributed by atoms with Gasteiger partial charge in [-0.1, -0.05) is 174 Å². The van der Waals surface area contributed by atoms with Crippen molar-refractivity contribution in [1.82, 2.24) is 0 Å². The molecule has 0 unspecified atom stereocenters. The normalized spacial score (nSPS) is 12.5. The Balaban J connectivity index is 3.89. The average Bonchev–Trinajstić information content (AvgIpc) is 3.07. The minimum absolute atomic E-state index is 0.214. The number of phosphoric acid groups is 1. The van der Waals surface area contributed by atoms with Crippen LogP contribution in [0.2, 0.25) is 0 Å². The molecule has 0 amide bonds. The molecule has 0 rings (SSSR count). The average molecular weight is 717 g/mol. The van der Waals surface area contributed by atoms with Crippen molar-refractivity contribution in [2.75, 3.05) is 13.2 Å². The molecule has 0 aromatic heterocycles. The van der Waals surface area contributed by atoms with Gasteiger partial charge in [-0.3, -0.25) is 14.1 Å². The first-order valence-electron chi connectivity index (χ1n) is 20.5. The summed E-state index contributed by atoms with van der Waals surface area (Å²) in [6.07, 6.45) is 39.3. The molecular weight excluding hydrogens is 639 g/mol. The van der Waals surface area contributed by atoms with Crippen LogP contribution in [0.15, 0.2) is 12.2 Å². The zero-order valence-corrected chi connectivity index (χ0v) is 32.8. The molecule has 2 N–H and O–H groups in total. The molecule has 290 valence electrons. The number of unbranched alkanes of at least 4 members (excludes halogenated alkanes) is 26. The van der Waals surface area contributed by atoms with Crippen LogP contribution in [0.5, 0.6) is 0 Å². The summed E-state index contributed by atoms with van der Waals surface area (Å²) >= 11 is 0. The Morgan fingerprint density at radius 2 is 0.857 bits per heavy atom. The largest absolute Gasteiger partial charge is 0.469 e. The number of rotatable bonds is 38. The minimum Gasteiger partial charge on any atom is -0.462 e. The van der Waals surface area contributed by atoms with E-state index in [0.717, 1.165) is 38.5 Å². The van der Waals surface area contributed by atoms with Crippen LogP contribution in [-0.2, 0) is 28.2 Å². The predicted octanol–water partition coefficient (Wildman–Crippen LogP) is 12.2. The van der Waals surface area contributed by atoms with E-state index in [0.29, 0.717) is 6.42 Å². The summed E-state index contributed by atoms with van der Waals surface area (Å²) in [6, 6.07) is 0. The fraction of sp³-hybridized carbons (Fsp3) is 0.900. The summed E-state index contributed by atoms with van der Waals surface area (Å²) in [4.78, 5) is 42.8. The highest BCUT2D eigenvalue weighted by molar-refractivity contribution is 7.46. The summed E-state index contributed by atoms with van der Waals surface area (Å²) in [5.41, 5.74) is 0. The van der Waals surface area contributed by atoms with Crippen LogP contribution in [0.1, 0.15) is 213 Å². The van der Waals surface area contributed by atoms with Crippen molar-refractivity contribution < 1.29 is 37.9 Å². The van der Waals surface area contributed by atoms with Crippen LogP contribution in [0.3, 0.4) is 0 Å². The fourth-order valence-corrected chi connectivity index (χ4v) is 6.32. The summed E-state index contributed by atoms with van der Waals surface area (Å²) < 4.78 is 26.4. The number of hydrogen-bond acceptors (Lipinski definition) is 6. The Kier molecular flexibility index (Phi) is 35.7. The third kappa shape index (κ3) is 39.4. The van der Waals surface area contributed by atoms with Crippen molar-refractivity contribution in [3.63, 3.8) is 0 Å². The number of esters is 2. The lowest BCUT2D eigenvalue weighted by atomic mass is 10.0. The van der Waals surface area contributed by atoms with E-state index in [2.05, 4.69) is 30.5 Å². The van der Waals surface area contributed by atoms with E-state index in [1.165, 1.54) is 141 Å². The maximum Gasteiger partial charge on any atom is 0.469 e. The first-order chi connectivity index (χ1) is 23.8. The second-order valence-corrected chi connectivity index (χ2v) is 15.2. The maximum absolute atomic E-state index is 12.4. The molecule has 0 heterocycles.